The summed E-state index contributed by atoms with van der Waals surface area (Å²) in [6.07, 6.45) is 0.646. The van der Waals surface area contributed by atoms with Crippen molar-refractivity contribution >= 4 is 25.6 Å². The van der Waals surface area contributed by atoms with E-state index in [-0.39, 0.29) is 16.2 Å². The lowest BCUT2D eigenvalue weighted by Gasteiger charge is -2.27. The Kier molecular flexibility index (Phi) is 5.45. The van der Waals surface area contributed by atoms with E-state index < -0.39 is 9.05 Å². The van der Waals surface area contributed by atoms with Gasteiger partial charge in [-0.2, -0.15) is 0 Å². The fraction of sp³-hybridized carbons (Fsp3) is 0.533. The zero-order chi connectivity index (χ0) is 16.4. The largest absolute Gasteiger partial charge is 0.341 e. The molecule has 0 aliphatic rings. The van der Waals surface area contributed by atoms with E-state index in [1.165, 1.54) is 12.1 Å². The first-order valence-corrected chi connectivity index (χ1v) is 9.09. The van der Waals surface area contributed by atoms with E-state index in [4.69, 9.17) is 10.7 Å². The molecule has 0 N–H and O–H groups in total. The molecular weight excluding hydrogens is 310 g/mol. The van der Waals surface area contributed by atoms with Gasteiger partial charge in [0.25, 0.3) is 15.0 Å². The van der Waals surface area contributed by atoms with Gasteiger partial charge in [0.1, 0.15) is 0 Å². The van der Waals surface area contributed by atoms with E-state index in [1.807, 2.05) is 27.7 Å². The summed E-state index contributed by atoms with van der Waals surface area (Å²) in [7, 11) is 3.24. The van der Waals surface area contributed by atoms with Crippen LogP contribution in [0.5, 0.6) is 0 Å². The average Bonchev–Trinajstić information content (AvgIpc) is 2.33. The molecule has 0 fully saturated rings. The molecule has 21 heavy (non-hydrogen) atoms. The Bertz CT molecular complexity index is 633. The maximum atomic E-state index is 12.6. The molecule has 0 heterocycles. The molecule has 0 atom stereocenters. The van der Waals surface area contributed by atoms with Crippen molar-refractivity contribution in [1.29, 1.82) is 0 Å². The van der Waals surface area contributed by atoms with Gasteiger partial charge >= 0.3 is 0 Å². The maximum absolute atomic E-state index is 12.6. The summed E-state index contributed by atoms with van der Waals surface area (Å²) in [5.41, 5.74) is 1.17. The molecule has 1 rings (SSSR count). The van der Waals surface area contributed by atoms with Gasteiger partial charge < -0.3 is 4.90 Å². The summed E-state index contributed by atoms with van der Waals surface area (Å²) in [4.78, 5) is 14.1. The Morgan fingerprint density at radius 1 is 1.29 bits per heavy atom. The molecule has 0 saturated carbocycles. The molecule has 1 amide bonds. The van der Waals surface area contributed by atoms with Crippen LogP contribution in [0.25, 0.3) is 0 Å². The molecule has 1 aromatic rings. The van der Waals surface area contributed by atoms with Crippen molar-refractivity contribution in [1.82, 2.24) is 4.90 Å². The van der Waals surface area contributed by atoms with Crippen molar-refractivity contribution in [3.63, 3.8) is 0 Å². The first-order valence-electron chi connectivity index (χ1n) is 6.79. The average molecular weight is 332 g/mol. The number of hydrogen-bond donors (Lipinski definition) is 0. The molecule has 4 nitrogen and oxygen atoms in total. The van der Waals surface area contributed by atoms with Gasteiger partial charge in [-0.25, -0.2) is 8.42 Å². The number of benzene rings is 1. The van der Waals surface area contributed by atoms with E-state index in [9.17, 15) is 13.2 Å². The first-order chi connectivity index (χ1) is 9.45. The van der Waals surface area contributed by atoms with Gasteiger partial charge in [0, 0.05) is 29.8 Å². The van der Waals surface area contributed by atoms with Crippen LogP contribution in [-0.2, 0) is 15.5 Å². The van der Waals surface area contributed by atoms with Gasteiger partial charge in [-0.05, 0) is 29.5 Å². The molecule has 0 aromatic heterocycles. The lowest BCUT2D eigenvalue weighted by Crippen LogP contribution is -2.35. The fourth-order valence-corrected chi connectivity index (χ4v) is 2.98. The van der Waals surface area contributed by atoms with Gasteiger partial charge in [-0.15, -0.1) is 0 Å². The maximum Gasteiger partial charge on any atom is 0.261 e. The van der Waals surface area contributed by atoms with Gasteiger partial charge in [0.15, 0.2) is 0 Å². The SMILES string of the molecule is CCc1ccc(S(=O)(=O)Cl)cc1C(=O)N(C)CC(C)(C)C. The molecule has 0 spiro atoms. The highest BCUT2D eigenvalue weighted by Crippen LogP contribution is 2.22. The molecule has 6 heteroatoms. The quantitative estimate of drug-likeness (QED) is 0.795. The summed E-state index contributed by atoms with van der Waals surface area (Å²) in [6, 6.07) is 4.44. The Morgan fingerprint density at radius 2 is 1.86 bits per heavy atom. The fourth-order valence-electron chi connectivity index (χ4n) is 2.20. The lowest BCUT2D eigenvalue weighted by atomic mass is 9.95. The number of carbonyl (C=O) groups is 1. The number of rotatable bonds is 4. The van der Waals surface area contributed by atoms with Gasteiger partial charge in [0.2, 0.25) is 0 Å². The summed E-state index contributed by atoms with van der Waals surface area (Å²) in [6.45, 7) is 8.61. The number of nitrogens with zero attached hydrogens (tertiary/aromatic N) is 1. The van der Waals surface area contributed by atoms with Gasteiger partial charge in [-0.1, -0.05) is 33.8 Å². The van der Waals surface area contributed by atoms with Crippen LogP contribution in [0.3, 0.4) is 0 Å². The third-order valence-electron chi connectivity index (χ3n) is 3.03. The molecule has 0 aliphatic carbocycles. The molecule has 0 saturated heterocycles. The smallest absolute Gasteiger partial charge is 0.261 e. The first kappa shape index (κ1) is 18.0. The molecule has 118 valence electrons. The standard InChI is InChI=1S/C15H22ClNO3S/c1-6-11-7-8-12(21(16,19)20)9-13(11)14(18)17(5)10-15(2,3)4/h7-9H,6,10H2,1-5H3. The summed E-state index contributed by atoms with van der Waals surface area (Å²) >= 11 is 0. The van der Waals surface area contributed by atoms with Crippen molar-refractivity contribution in [2.75, 3.05) is 13.6 Å². The van der Waals surface area contributed by atoms with Crippen LogP contribution in [0.4, 0.5) is 0 Å². The third-order valence-corrected chi connectivity index (χ3v) is 4.38. The highest BCUT2D eigenvalue weighted by atomic mass is 35.7. The van der Waals surface area contributed by atoms with Crippen molar-refractivity contribution in [2.24, 2.45) is 5.41 Å². The summed E-state index contributed by atoms with van der Waals surface area (Å²) < 4.78 is 22.9. The Balaban J connectivity index is 3.24. The molecule has 0 unspecified atom stereocenters. The van der Waals surface area contributed by atoms with E-state index in [2.05, 4.69) is 0 Å². The van der Waals surface area contributed by atoms with Crippen molar-refractivity contribution < 1.29 is 13.2 Å². The topological polar surface area (TPSA) is 54.5 Å². The van der Waals surface area contributed by atoms with Crippen LogP contribution in [0.2, 0.25) is 0 Å². The monoisotopic (exact) mass is 331 g/mol. The molecule has 1 aromatic carbocycles. The van der Waals surface area contributed by atoms with Crippen LogP contribution in [-0.4, -0.2) is 32.8 Å². The zero-order valence-corrected chi connectivity index (χ0v) is 14.7. The predicted molar refractivity (Wildman–Crippen MR) is 85.3 cm³/mol. The van der Waals surface area contributed by atoms with E-state index >= 15 is 0 Å². The molecule has 0 bridgehead atoms. The van der Waals surface area contributed by atoms with Crippen LogP contribution < -0.4 is 0 Å². The third kappa shape index (κ3) is 5.00. The minimum Gasteiger partial charge on any atom is -0.341 e. The Hall–Kier alpha value is -1.07. The van der Waals surface area contributed by atoms with E-state index in [1.54, 1.807) is 18.0 Å². The number of halogens is 1. The van der Waals surface area contributed by atoms with E-state index in [0.29, 0.717) is 18.5 Å². The van der Waals surface area contributed by atoms with Crippen LogP contribution >= 0.6 is 10.7 Å². The number of carbonyl (C=O) groups excluding carboxylic acids is 1. The Labute approximate surface area is 131 Å². The number of aryl methyl sites for hydroxylation is 1. The van der Waals surface area contributed by atoms with Gasteiger partial charge in [0.05, 0.1) is 4.90 Å². The minimum atomic E-state index is -3.84. The second kappa shape index (κ2) is 6.36. The van der Waals surface area contributed by atoms with Crippen molar-refractivity contribution in [3.8, 4) is 0 Å². The second-order valence-corrected chi connectivity index (χ2v) is 8.90. The van der Waals surface area contributed by atoms with E-state index in [0.717, 1.165) is 5.56 Å². The Morgan fingerprint density at radius 3 is 2.29 bits per heavy atom. The van der Waals surface area contributed by atoms with Crippen LogP contribution in [0, 0.1) is 5.41 Å². The number of hydrogen-bond acceptors (Lipinski definition) is 3. The zero-order valence-electron chi connectivity index (χ0n) is 13.1. The second-order valence-electron chi connectivity index (χ2n) is 6.33. The summed E-state index contributed by atoms with van der Waals surface area (Å²) in [5.74, 6) is -0.191. The van der Waals surface area contributed by atoms with Crippen molar-refractivity contribution in [3.05, 3.63) is 29.3 Å². The number of amides is 1. The minimum absolute atomic E-state index is 0.0348. The normalized spacial score (nSPS) is 12.3. The highest BCUT2D eigenvalue weighted by Gasteiger charge is 2.22. The molecular formula is C15H22ClNO3S. The molecule has 0 aliphatic heterocycles. The van der Waals surface area contributed by atoms with Crippen molar-refractivity contribution in [2.45, 2.75) is 39.0 Å². The van der Waals surface area contributed by atoms with Crippen LogP contribution in [0.1, 0.15) is 43.6 Å². The van der Waals surface area contributed by atoms with Gasteiger partial charge in [-0.3, -0.25) is 4.79 Å². The summed E-state index contributed by atoms with van der Waals surface area (Å²) in [5, 5.41) is 0. The lowest BCUT2D eigenvalue weighted by molar-refractivity contribution is 0.0744. The molecule has 0 radical (unpaired) electrons. The predicted octanol–water partition coefficient (Wildman–Crippen LogP) is 3.29. The van der Waals surface area contributed by atoms with Crippen LogP contribution in [0.15, 0.2) is 23.1 Å². The highest BCUT2D eigenvalue weighted by molar-refractivity contribution is 8.13.